The van der Waals surface area contributed by atoms with Gasteiger partial charge in [0.05, 0.1) is 28.4 Å². The first-order valence-electron chi connectivity index (χ1n) is 15.2. The van der Waals surface area contributed by atoms with Crippen molar-refractivity contribution >= 4 is 62.7 Å². The van der Waals surface area contributed by atoms with Gasteiger partial charge in [0.1, 0.15) is 43.0 Å². The standard InChI is InChI=1S/C18H25N4O2P.C15H18N4O/c1-12(2)9-22-15(10-24-11-25(3,4)23)21-16-17(22)13-7-5-6-8-14(13)20-18(16)19;1-9(2)7-19-12(8-20)18-13-14(19)10-5-3-4-6-11(10)17-15(13)16/h5-8,12H,9-11H2,1-4H3,(H2,19,20);3-6,9,20H,7-8H2,1-2H3,(H2,16,17). The first kappa shape index (κ1) is 32.3. The van der Waals surface area contributed by atoms with E-state index in [1.807, 2.05) is 48.5 Å². The monoisotopic (exact) mass is 630 g/mol. The molecule has 2 aromatic carbocycles. The highest BCUT2D eigenvalue weighted by atomic mass is 31.2. The van der Waals surface area contributed by atoms with E-state index in [4.69, 9.17) is 21.2 Å². The van der Waals surface area contributed by atoms with Crippen molar-refractivity contribution in [3.05, 3.63) is 60.2 Å². The zero-order valence-corrected chi connectivity index (χ0v) is 27.8. The van der Waals surface area contributed by atoms with Gasteiger partial charge >= 0.3 is 0 Å². The van der Waals surface area contributed by atoms with Crippen LogP contribution >= 0.6 is 7.14 Å². The number of ether oxygens (including phenoxy) is 1. The number of nitrogens with zero attached hydrogens (tertiary/aromatic N) is 6. The molecule has 0 amide bonds. The molecule has 0 saturated heterocycles. The van der Waals surface area contributed by atoms with Crippen LogP contribution in [0.15, 0.2) is 48.5 Å². The van der Waals surface area contributed by atoms with E-state index in [1.165, 1.54) is 0 Å². The lowest BCUT2D eigenvalue weighted by atomic mass is 10.1. The summed E-state index contributed by atoms with van der Waals surface area (Å²) in [4.78, 5) is 18.0. The number of rotatable bonds is 9. The minimum absolute atomic E-state index is 0.102. The minimum atomic E-state index is -2.22. The average molecular weight is 631 g/mol. The van der Waals surface area contributed by atoms with Crippen molar-refractivity contribution in [1.82, 2.24) is 29.1 Å². The maximum Gasteiger partial charge on any atom is 0.152 e. The molecule has 0 radical (unpaired) electrons. The fraction of sp³-hybridized carbons (Fsp3) is 0.394. The quantitative estimate of drug-likeness (QED) is 0.157. The molecule has 6 aromatic rings. The normalized spacial score (nSPS) is 12.2. The summed E-state index contributed by atoms with van der Waals surface area (Å²) in [7, 11) is -2.22. The van der Waals surface area contributed by atoms with Gasteiger partial charge in [-0.05, 0) is 37.3 Å². The third-order valence-corrected chi connectivity index (χ3v) is 8.05. The number of nitrogens with two attached hydrogens (primary N) is 2. The van der Waals surface area contributed by atoms with E-state index in [0.717, 1.165) is 51.8 Å². The predicted octanol–water partition coefficient (Wildman–Crippen LogP) is 6.23. The minimum Gasteiger partial charge on any atom is -0.388 e. The summed E-state index contributed by atoms with van der Waals surface area (Å²) in [6.07, 6.45) is 0.242. The first-order valence-corrected chi connectivity index (χ1v) is 18.0. The van der Waals surface area contributed by atoms with Gasteiger partial charge in [0.25, 0.3) is 0 Å². The maximum atomic E-state index is 11.9. The number of hydrogen-bond acceptors (Lipinski definition) is 9. The number of aromatic nitrogens is 6. The van der Waals surface area contributed by atoms with Crippen LogP contribution in [0.2, 0.25) is 0 Å². The Morgan fingerprint density at radius 2 is 1.20 bits per heavy atom. The van der Waals surface area contributed by atoms with Crippen molar-refractivity contribution in [2.75, 3.05) is 31.1 Å². The number of pyridine rings is 2. The van der Waals surface area contributed by atoms with Crippen LogP contribution in [-0.2, 0) is 35.6 Å². The molecule has 0 aliphatic heterocycles. The number of imidazole rings is 2. The smallest absolute Gasteiger partial charge is 0.152 e. The highest BCUT2D eigenvalue weighted by Crippen LogP contribution is 2.36. The lowest BCUT2D eigenvalue weighted by Gasteiger charge is -2.14. The number of aliphatic hydroxyl groups is 1. The van der Waals surface area contributed by atoms with Crippen LogP contribution in [0, 0.1) is 11.8 Å². The Labute approximate surface area is 263 Å². The number of fused-ring (bicyclic) bond motifs is 6. The molecule has 11 nitrogen and oxygen atoms in total. The summed E-state index contributed by atoms with van der Waals surface area (Å²) in [6, 6.07) is 15.8. The second-order valence-corrected chi connectivity index (χ2v) is 16.1. The molecular weight excluding hydrogens is 587 g/mol. The molecule has 0 unspecified atom stereocenters. The molecule has 238 valence electrons. The lowest BCUT2D eigenvalue weighted by molar-refractivity contribution is 0.153. The number of anilines is 2. The van der Waals surface area contributed by atoms with Crippen LogP contribution in [0.1, 0.15) is 39.3 Å². The van der Waals surface area contributed by atoms with E-state index in [1.54, 1.807) is 13.3 Å². The molecule has 4 heterocycles. The predicted molar refractivity (Wildman–Crippen MR) is 184 cm³/mol. The Balaban J connectivity index is 0.000000182. The molecule has 12 heteroatoms. The number of nitrogen functional groups attached to an aromatic ring is 2. The second kappa shape index (κ2) is 13.1. The summed E-state index contributed by atoms with van der Waals surface area (Å²) in [5.74, 6) is 3.16. The number of para-hydroxylation sites is 2. The van der Waals surface area contributed by atoms with Crippen molar-refractivity contribution in [1.29, 1.82) is 0 Å². The van der Waals surface area contributed by atoms with Crippen molar-refractivity contribution < 1.29 is 14.4 Å². The first-order chi connectivity index (χ1) is 21.4. The summed E-state index contributed by atoms with van der Waals surface area (Å²) in [5, 5.41) is 11.6. The summed E-state index contributed by atoms with van der Waals surface area (Å²) in [5.41, 5.74) is 17.2. The Bertz CT molecular complexity index is 2030. The highest BCUT2D eigenvalue weighted by molar-refractivity contribution is 7.62. The molecule has 0 aliphatic carbocycles. The number of aliphatic hydroxyl groups excluding tert-OH is 1. The zero-order valence-electron chi connectivity index (χ0n) is 26.9. The molecule has 5 N–H and O–H groups in total. The third kappa shape index (κ3) is 6.96. The molecule has 0 fully saturated rings. The molecule has 0 spiro atoms. The number of benzene rings is 2. The Hall–Kier alpha value is -4.05. The largest absolute Gasteiger partial charge is 0.388 e. The van der Waals surface area contributed by atoms with E-state index in [0.29, 0.717) is 46.9 Å². The molecule has 0 saturated carbocycles. The van der Waals surface area contributed by atoms with Gasteiger partial charge in [-0.25, -0.2) is 19.9 Å². The van der Waals surface area contributed by atoms with Crippen LogP contribution in [0.25, 0.3) is 43.9 Å². The van der Waals surface area contributed by atoms with Crippen LogP contribution in [0.3, 0.4) is 0 Å². The maximum absolute atomic E-state index is 11.9. The lowest BCUT2D eigenvalue weighted by Crippen LogP contribution is -2.10. The van der Waals surface area contributed by atoms with Crippen LogP contribution < -0.4 is 11.5 Å². The van der Waals surface area contributed by atoms with Crippen LogP contribution in [-0.4, -0.2) is 53.9 Å². The summed E-state index contributed by atoms with van der Waals surface area (Å²) in [6.45, 7) is 13.8. The molecule has 0 bridgehead atoms. The second-order valence-electron chi connectivity index (χ2n) is 12.7. The van der Waals surface area contributed by atoms with E-state index >= 15 is 0 Å². The number of hydrogen-bond donors (Lipinski definition) is 3. The van der Waals surface area contributed by atoms with Crippen molar-refractivity contribution in [3.63, 3.8) is 0 Å². The van der Waals surface area contributed by atoms with E-state index in [2.05, 4.69) is 51.8 Å². The SMILES string of the molecule is CC(C)Cn1c(CO)nc2c(N)nc3ccccc3c21.CC(C)Cn1c(COCP(C)(C)=O)nc2c(N)nc3ccccc3c21. The summed E-state index contributed by atoms with van der Waals surface area (Å²) >= 11 is 0. The van der Waals surface area contributed by atoms with Crippen LogP contribution in [0.5, 0.6) is 0 Å². The van der Waals surface area contributed by atoms with Crippen LogP contribution in [0.4, 0.5) is 11.6 Å². The average Bonchev–Trinajstić information content (AvgIpc) is 3.52. The van der Waals surface area contributed by atoms with Crippen molar-refractivity contribution in [3.8, 4) is 0 Å². The fourth-order valence-corrected chi connectivity index (χ4v) is 6.05. The van der Waals surface area contributed by atoms with Gasteiger partial charge in [-0.1, -0.05) is 64.1 Å². The third-order valence-electron chi connectivity index (χ3n) is 7.25. The highest BCUT2D eigenvalue weighted by Gasteiger charge is 2.19. The van der Waals surface area contributed by atoms with E-state index in [9.17, 15) is 9.67 Å². The molecule has 6 rings (SSSR count). The Kier molecular flexibility index (Phi) is 9.44. The van der Waals surface area contributed by atoms with Crippen molar-refractivity contribution in [2.45, 2.75) is 54.0 Å². The summed E-state index contributed by atoms with van der Waals surface area (Å²) < 4.78 is 21.8. The topological polar surface area (TPSA) is 160 Å². The van der Waals surface area contributed by atoms with Gasteiger partial charge in [-0.3, -0.25) is 0 Å². The van der Waals surface area contributed by atoms with Crippen molar-refractivity contribution in [2.24, 2.45) is 11.8 Å². The van der Waals surface area contributed by atoms with Gasteiger partial charge in [-0.2, -0.15) is 0 Å². The zero-order chi connectivity index (χ0) is 32.5. The van der Waals surface area contributed by atoms with Gasteiger partial charge in [0, 0.05) is 23.9 Å². The molecule has 4 aromatic heterocycles. The Morgan fingerprint density at radius 3 is 1.64 bits per heavy atom. The van der Waals surface area contributed by atoms with E-state index in [-0.39, 0.29) is 13.0 Å². The molecular formula is C33H43N8O3P. The van der Waals surface area contributed by atoms with Gasteiger partial charge < -0.3 is 35.0 Å². The fourth-order valence-electron chi connectivity index (χ4n) is 5.52. The van der Waals surface area contributed by atoms with Gasteiger partial charge in [0.2, 0.25) is 0 Å². The van der Waals surface area contributed by atoms with Gasteiger partial charge in [-0.15, -0.1) is 0 Å². The van der Waals surface area contributed by atoms with E-state index < -0.39 is 7.14 Å². The molecule has 0 aliphatic rings. The Morgan fingerprint density at radius 1 is 0.756 bits per heavy atom. The van der Waals surface area contributed by atoms with Gasteiger partial charge in [0.15, 0.2) is 11.6 Å². The molecule has 45 heavy (non-hydrogen) atoms. The molecule has 0 atom stereocenters.